The van der Waals surface area contributed by atoms with Crippen molar-refractivity contribution in [3.63, 3.8) is 0 Å². The normalized spacial score (nSPS) is 19.2. The van der Waals surface area contributed by atoms with Gasteiger partial charge in [-0.2, -0.15) is 0 Å². The molecular formula is C21H22ClFKN5O. The Morgan fingerprint density at radius 2 is 1.93 bits per heavy atom. The standard InChI is InChI=1S/C21H23ClFN5O.K/c22-19-7-3-6-18(28-19)21(29)27-15-10-8-14(9-11-15)26-20(24)12-13-25-17-5-2-1-4-16(17)23;/h1-7,12-15H,8-11H2,(H4,24,25,26,27,29);/q;+1/p-1. The molecule has 1 saturated carbocycles. The fourth-order valence-electron chi connectivity index (χ4n) is 3.15. The first kappa shape index (κ1) is 25.0. The number of hydrogen-bond donors (Lipinski definition) is 2. The third kappa shape index (κ3) is 7.75. The summed E-state index contributed by atoms with van der Waals surface area (Å²) in [7, 11) is 0. The Morgan fingerprint density at radius 1 is 1.20 bits per heavy atom. The van der Waals surface area contributed by atoms with Crippen LogP contribution in [0.5, 0.6) is 0 Å². The van der Waals surface area contributed by atoms with Gasteiger partial charge in [0.15, 0.2) is 0 Å². The minimum Gasteiger partial charge on any atom is -0.495 e. The Bertz CT molecular complexity index is 916. The number of benzene rings is 1. The average molecular weight is 454 g/mol. The van der Waals surface area contributed by atoms with Crippen LogP contribution in [0.2, 0.25) is 5.15 Å². The molecule has 1 aliphatic rings. The largest absolute Gasteiger partial charge is 1.00 e. The van der Waals surface area contributed by atoms with Crippen LogP contribution in [0.25, 0.3) is 5.32 Å². The molecule has 1 heterocycles. The van der Waals surface area contributed by atoms with E-state index in [4.69, 9.17) is 17.3 Å². The summed E-state index contributed by atoms with van der Waals surface area (Å²) in [5.41, 5.74) is 6.49. The van der Waals surface area contributed by atoms with Crippen LogP contribution in [0.1, 0.15) is 36.2 Å². The van der Waals surface area contributed by atoms with Gasteiger partial charge in [-0.1, -0.05) is 35.6 Å². The van der Waals surface area contributed by atoms with Crippen molar-refractivity contribution >= 4 is 29.4 Å². The average Bonchev–Trinajstić information content (AvgIpc) is 2.71. The van der Waals surface area contributed by atoms with Crippen LogP contribution in [-0.4, -0.2) is 29.2 Å². The number of amides is 1. The van der Waals surface area contributed by atoms with Crippen molar-refractivity contribution in [3.8, 4) is 0 Å². The van der Waals surface area contributed by atoms with E-state index in [1.165, 1.54) is 12.3 Å². The molecule has 1 fully saturated rings. The molecular weight excluding hydrogens is 432 g/mol. The van der Waals surface area contributed by atoms with Crippen LogP contribution in [0.3, 0.4) is 0 Å². The molecule has 3 N–H and O–H groups in total. The fraction of sp³-hybridized carbons (Fsp3) is 0.286. The van der Waals surface area contributed by atoms with Gasteiger partial charge in [-0.15, -0.1) is 0 Å². The van der Waals surface area contributed by atoms with E-state index in [-0.39, 0.29) is 80.9 Å². The number of carbonyl (C=O) groups excluding carboxylic acids is 1. The Balaban J connectivity index is 0.00000320. The summed E-state index contributed by atoms with van der Waals surface area (Å²) in [5, 5.41) is 7.77. The second-order valence-corrected chi connectivity index (χ2v) is 7.16. The third-order valence-electron chi connectivity index (χ3n) is 4.62. The van der Waals surface area contributed by atoms with Gasteiger partial charge in [0.05, 0.1) is 5.69 Å². The number of allylic oxidation sites excluding steroid dienone is 1. The van der Waals surface area contributed by atoms with E-state index in [1.54, 1.807) is 42.5 Å². The molecule has 0 radical (unpaired) electrons. The van der Waals surface area contributed by atoms with Gasteiger partial charge in [-0.3, -0.25) is 9.79 Å². The number of nitrogens with two attached hydrogens (primary N) is 1. The van der Waals surface area contributed by atoms with Crippen molar-refractivity contribution in [3.05, 3.63) is 76.3 Å². The first-order valence-corrected chi connectivity index (χ1v) is 9.77. The van der Waals surface area contributed by atoms with Crippen molar-refractivity contribution in [2.75, 3.05) is 0 Å². The molecule has 30 heavy (non-hydrogen) atoms. The molecule has 0 atom stereocenters. The first-order chi connectivity index (χ1) is 14.0. The van der Waals surface area contributed by atoms with Gasteiger partial charge in [0.2, 0.25) is 0 Å². The summed E-state index contributed by atoms with van der Waals surface area (Å²) in [5.74, 6) is -0.265. The third-order valence-corrected chi connectivity index (χ3v) is 4.83. The zero-order valence-electron chi connectivity index (χ0n) is 16.8. The number of carbonyl (C=O) groups is 1. The van der Waals surface area contributed by atoms with Gasteiger partial charge in [-0.25, -0.2) is 9.37 Å². The summed E-state index contributed by atoms with van der Waals surface area (Å²) in [6, 6.07) is 11.4. The number of aliphatic imine (C=N–C) groups is 1. The zero-order valence-corrected chi connectivity index (χ0v) is 20.6. The molecule has 152 valence electrons. The maximum absolute atomic E-state index is 13.5. The Hall–Kier alpha value is -1.29. The molecule has 6 nitrogen and oxygen atoms in total. The van der Waals surface area contributed by atoms with Crippen LogP contribution in [0.4, 0.5) is 10.1 Å². The van der Waals surface area contributed by atoms with Crippen molar-refractivity contribution in [1.29, 1.82) is 0 Å². The quantitative estimate of drug-likeness (QED) is 0.394. The topological polar surface area (TPSA) is 94.5 Å². The van der Waals surface area contributed by atoms with E-state index < -0.39 is 0 Å². The van der Waals surface area contributed by atoms with Crippen LogP contribution >= 0.6 is 11.6 Å². The predicted molar refractivity (Wildman–Crippen MR) is 113 cm³/mol. The molecule has 1 aliphatic carbocycles. The van der Waals surface area contributed by atoms with Crippen LogP contribution in [-0.2, 0) is 0 Å². The van der Waals surface area contributed by atoms with Gasteiger partial charge < -0.3 is 16.4 Å². The van der Waals surface area contributed by atoms with Crippen molar-refractivity contribution in [2.45, 2.75) is 37.8 Å². The second-order valence-electron chi connectivity index (χ2n) is 6.77. The number of pyridine rings is 1. The minimum absolute atomic E-state index is 0. The molecule has 1 aromatic carbocycles. The van der Waals surface area contributed by atoms with Crippen LogP contribution in [0, 0.1) is 5.82 Å². The van der Waals surface area contributed by atoms with E-state index >= 15 is 0 Å². The monoisotopic (exact) mass is 453 g/mol. The summed E-state index contributed by atoms with van der Waals surface area (Å²) < 4.78 is 13.5. The van der Waals surface area contributed by atoms with Gasteiger partial charge in [0.25, 0.3) is 5.91 Å². The Kier molecular flexibility index (Phi) is 10.4. The Labute approximate surface area is 223 Å². The molecule has 0 spiro atoms. The number of para-hydroxylation sites is 1. The zero-order chi connectivity index (χ0) is 20.6. The van der Waals surface area contributed by atoms with E-state index in [2.05, 4.69) is 20.6 Å². The van der Waals surface area contributed by atoms with Gasteiger partial charge in [0, 0.05) is 12.3 Å². The van der Waals surface area contributed by atoms with Gasteiger partial charge in [0.1, 0.15) is 16.7 Å². The Morgan fingerprint density at radius 3 is 2.63 bits per heavy atom. The van der Waals surface area contributed by atoms with Gasteiger partial charge >= 0.3 is 51.4 Å². The molecule has 0 bridgehead atoms. The van der Waals surface area contributed by atoms with Gasteiger partial charge in [-0.05, 0) is 62.1 Å². The second kappa shape index (κ2) is 12.5. The summed E-state index contributed by atoms with van der Waals surface area (Å²) in [6.07, 6.45) is 6.24. The maximum Gasteiger partial charge on any atom is 1.00 e. The number of halogens is 2. The summed E-state index contributed by atoms with van der Waals surface area (Å²) in [4.78, 5) is 20.3. The molecule has 2 aromatic rings. The molecule has 0 aliphatic heterocycles. The van der Waals surface area contributed by atoms with Crippen LogP contribution < -0.4 is 62.4 Å². The summed E-state index contributed by atoms with van der Waals surface area (Å²) in [6.45, 7) is 0. The van der Waals surface area contributed by atoms with E-state index in [0.717, 1.165) is 25.7 Å². The number of hydrogen-bond acceptors (Lipinski definition) is 4. The molecule has 0 saturated heterocycles. The maximum atomic E-state index is 13.5. The van der Waals surface area contributed by atoms with E-state index in [1.807, 2.05) is 0 Å². The summed E-state index contributed by atoms with van der Waals surface area (Å²) >= 11 is 5.83. The number of aromatic nitrogens is 1. The molecule has 1 amide bonds. The van der Waals surface area contributed by atoms with Crippen molar-refractivity contribution < 1.29 is 60.6 Å². The first-order valence-electron chi connectivity index (χ1n) is 9.40. The minimum atomic E-state index is -0.388. The fourth-order valence-corrected chi connectivity index (χ4v) is 3.31. The van der Waals surface area contributed by atoms with E-state index in [0.29, 0.717) is 16.7 Å². The number of rotatable bonds is 6. The van der Waals surface area contributed by atoms with E-state index in [9.17, 15) is 9.18 Å². The molecule has 3 rings (SSSR count). The number of nitrogens with one attached hydrogen (secondary N) is 1. The predicted octanol–water partition coefficient (Wildman–Crippen LogP) is 1.50. The van der Waals surface area contributed by atoms with Crippen molar-refractivity contribution in [2.24, 2.45) is 10.7 Å². The molecule has 1 aromatic heterocycles. The van der Waals surface area contributed by atoms with Crippen molar-refractivity contribution in [1.82, 2.24) is 10.3 Å². The SMILES string of the molecule is N/C(=C\C=Nc1ccccc1F)[N-]C1CCC(NC(=O)c2cccc(Cl)n2)CC1.[K+]. The smallest absolute Gasteiger partial charge is 0.495 e. The van der Waals surface area contributed by atoms with Crippen LogP contribution in [0.15, 0.2) is 59.4 Å². The molecule has 0 unspecified atom stereocenters. The molecule has 9 heteroatoms. The number of nitrogens with zero attached hydrogens (tertiary/aromatic N) is 3.